The van der Waals surface area contributed by atoms with E-state index in [4.69, 9.17) is 23.4 Å². The van der Waals surface area contributed by atoms with Crippen LogP contribution in [-0.4, -0.2) is 32.8 Å². The van der Waals surface area contributed by atoms with E-state index in [0.29, 0.717) is 17.3 Å². The number of carbonyl (C=O) groups is 2. The number of hydrogen-bond acceptors (Lipinski definition) is 7. The maximum atomic E-state index is 12.5. The van der Waals surface area contributed by atoms with Gasteiger partial charge in [-0.1, -0.05) is 0 Å². The minimum atomic E-state index is -0.880. The van der Waals surface area contributed by atoms with Gasteiger partial charge in [0.05, 0.1) is 32.7 Å². The molecule has 1 heterocycles. The van der Waals surface area contributed by atoms with Gasteiger partial charge in [0, 0.05) is 6.08 Å². The first-order valence-corrected chi connectivity index (χ1v) is 7.90. The summed E-state index contributed by atoms with van der Waals surface area (Å²) in [7, 11) is 2.98. The summed E-state index contributed by atoms with van der Waals surface area (Å²) in [5.74, 6) is 0.124. The molecule has 2 rings (SSSR count). The molecule has 0 aliphatic carbocycles. The Hall–Kier alpha value is -3.22. The number of esters is 2. The molecule has 7 heteroatoms. The number of carbonyl (C=O) groups excluding carboxylic acids is 2. The monoisotopic (exact) mass is 360 g/mol. The van der Waals surface area contributed by atoms with Gasteiger partial charge in [-0.25, -0.2) is 9.59 Å². The van der Waals surface area contributed by atoms with Crippen LogP contribution in [-0.2, 0) is 14.3 Å². The van der Waals surface area contributed by atoms with Crippen molar-refractivity contribution in [1.82, 2.24) is 0 Å². The third-order valence-electron chi connectivity index (χ3n) is 3.37. The zero-order valence-corrected chi connectivity index (χ0v) is 14.8. The molecule has 0 unspecified atom stereocenters. The lowest BCUT2D eigenvalue weighted by Gasteiger charge is -2.13. The van der Waals surface area contributed by atoms with Crippen molar-refractivity contribution < 1.29 is 33.0 Å². The van der Waals surface area contributed by atoms with Crippen LogP contribution in [0, 0.1) is 0 Å². The number of furan rings is 1. The molecule has 0 N–H and O–H groups in total. The Morgan fingerprint density at radius 1 is 1.15 bits per heavy atom. The molecule has 0 aliphatic rings. The average Bonchev–Trinajstić information content (AvgIpc) is 3.19. The third kappa shape index (κ3) is 4.89. The van der Waals surface area contributed by atoms with Gasteiger partial charge in [-0.05, 0) is 43.3 Å². The summed E-state index contributed by atoms with van der Waals surface area (Å²) in [5, 5.41) is 0. The Bertz CT molecular complexity index is 762. The Kier molecular flexibility index (Phi) is 6.84. The van der Waals surface area contributed by atoms with Crippen LogP contribution in [0.1, 0.15) is 29.1 Å². The Morgan fingerprint density at radius 2 is 1.92 bits per heavy atom. The first-order valence-electron chi connectivity index (χ1n) is 7.90. The molecule has 1 aromatic heterocycles. The first-order chi connectivity index (χ1) is 12.6. The molecule has 1 aromatic carbocycles. The molecule has 0 bridgehead atoms. The van der Waals surface area contributed by atoms with Crippen LogP contribution >= 0.6 is 0 Å². The largest absolute Gasteiger partial charge is 0.493 e. The second-order valence-electron chi connectivity index (χ2n) is 5.02. The second kappa shape index (κ2) is 9.31. The summed E-state index contributed by atoms with van der Waals surface area (Å²) in [6.45, 7) is 1.95. The van der Waals surface area contributed by atoms with Crippen LogP contribution in [0.4, 0.5) is 0 Å². The lowest BCUT2D eigenvalue weighted by atomic mass is 10.2. The van der Waals surface area contributed by atoms with Crippen LogP contribution in [0.5, 0.6) is 11.5 Å². The lowest BCUT2D eigenvalue weighted by molar-refractivity contribution is -0.137. The fourth-order valence-electron chi connectivity index (χ4n) is 2.15. The molecule has 0 fully saturated rings. The zero-order chi connectivity index (χ0) is 18.9. The molecule has 26 heavy (non-hydrogen) atoms. The normalized spacial score (nSPS) is 11.8. The van der Waals surface area contributed by atoms with Crippen LogP contribution in [0.15, 0.2) is 53.2 Å². The minimum Gasteiger partial charge on any atom is -0.493 e. The Labute approximate surface area is 151 Å². The molecule has 0 saturated heterocycles. The summed E-state index contributed by atoms with van der Waals surface area (Å²) in [4.78, 5) is 24.0. The highest BCUT2D eigenvalue weighted by atomic mass is 16.6. The van der Waals surface area contributed by atoms with Crippen molar-refractivity contribution in [1.29, 1.82) is 0 Å². The van der Waals surface area contributed by atoms with E-state index in [0.717, 1.165) is 0 Å². The summed E-state index contributed by atoms with van der Waals surface area (Å²) in [6, 6.07) is 7.96. The SMILES string of the molecule is CCOC(=O)/C=C/[C@H](OC(=O)c1ccc(OC)c(OC)c1)c1ccco1. The molecule has 1 atom stereocenters. The molecule has 138 valence electrons. The number of benzene rings is 1. The van der Waals surface area contributed by atoms with E-state index in [1.54, 1.807) is 31.2 Å². The van der Waals surface area contributed by atoms with Crippen LogP contribution in [0.25, 0.3) is 0 Å². The molecule has 0 aliphatic heterocycles. The van der Waals surface area contributed by atoms with Crippen LogP contribution in [0.2, 0.25) is 0 Å². The van der Waals surface area contributed by atoms with Crippen molar-refractivity contribution >= 4 is 11.9 Å². The van der Waals surface area contributed by atoms with E-state index in [-0.39, 0.29) is 12.2 Å². The van der Waals surface area contributed by atoms with Crippen LogP contribution < -0.4 is 9.47 Å². The predicted molar refractivity (Wildman–Crippen MR) is 92.2 cm³/mol. The zero-order valence-electron chi connectivity index (χ0n) is 14.8. The van der Waals surface area contributed by atoms with Gasteiger partial charge in [-0.2, -0.15) is 0 Å². The topological polar surface area (TPSA) is 84.2 Å². The van der Waals surface area contributed by atoms with E-state index >= 15 is 0 Å². The van der Waals surface area contributed by atoms with Crippen molar-refractivity contribution in [2.45, 2.75) is 13.0 Å². The van der Waals surface area contributed by atoms with E-state index in [1.807, 2.05) is 0 Å². The maximum Gasteiger partial charge on any atom is 0.339 e. The summed E-state index contributed by atoms with van der Waals surface area (Å²) in [6.07, 6.45) is 3.16. The Morgan fingerprint density at radius 3 is 2.54 bits per heavy atom. The van der Waals surface area contributed by atoms with Crippen LogP contribution in [0.3, 0.4) is 0 Å². The Balaban J connectivity index is 2.19. The molecule has 0 amide bonds. The van der Waals surface area contributed by atoms with Gasteiger partial charge in [0.1, 0.15) is 5.76 Å². The van der Waals surface area contributed by atoms with Gasteiger partial charge in [-0.15, -0.1) is 0 Å². The van der Waals surface area contributed by atoms with Crippen molar-refractivity contribution in [3.05, 3.63) is 60.1 Å². The van der Waals surface area contributed by atoms with E-state index in [2.05, 4.69) is 0 Å². The molecule has 2 aromatic rings. The molecule has 7 nitrogen and oxygen atoms in total. The number of rotatable bonds is 8. The highest BCUT2D eigenvalue weighted by Gasteiger charge is 2.20. The highest BCUT2D eigenvalue weighted by molar-refractivity contribution is 5.90. The van der Waals surface area contributed by atoms with Gasteiger partial charge in [0.15, 0.2) is 17.6 Å². The van der Waals surface area contributed by atoms with Gasteiger partial charge in [0.2, 0.25) is 0 Å². The average molecular weight is 360 g/mol. The van der Waals surface area contributed by atoms with Crippen molar-refractivity contribution in [2.24, 2.45) is 0 Å². The summed E-state index contributed by atoms with van der Waals surface area (Å²) >= 11 is 0. The number of methoxy groups -OCH3 is 2. The fourth-order valence-corrected chi connectivity index (χ4v) is 2.15. The van der Waals surface area contributed by atoms with Gasteiger partial charge in [0.25, 0.3) is 0 Å². The molecule has 0 radical (unpaired) electrons. The standard InChI is InChI=1S/C19H20O7/c1-4-24-18(20)10-9-16(15-6-5-11-25-15)26-19(21)13-7-8-14(22-2)17(12-13)23-3/h5-12,16H,4H2,1-3H3/b10-9+/t16-/m0/s1. The quantitative estimate of drug-likeness (QED) is 0.527. The molecule has 0 spiro atoms. The second-order valence-corrected chi connectivity index (χ2v) is 5.02. The number of ether oxygens (including phenoxy) is 4. The minimum absolute atomic E-state index is 0.250. The van der Waals surface area contributed by atoms with E-state index < -0.39 is 18.0 Å². The maximum absolute atomic E-state index is 12.5. The predicted octanol–water partition coefficient (Wildman–Crippen LogP) is 3.31. The van der Waals surface area contributed by atoms with E-state index in [1.165, 1.54) is 38.7 Å². The number of hydrogen-bond donors (Lipinski definition) is 0. The summed E-state index contributed by atoms with van der Waals surface area (Å²) < 4.78 is 25.9. The highest BCUT2D eigenvalue weighted by Crippen LogP contribution is 2.29. The van der Waals surface area contributed by atoms with Crippen molar-refractivity contribution in [2.75, 3.05) is 20.8 Å². The smallest absolute Gasteiger partial charge is 0.339 e. The van der Waals surface area contributed by atoms with Gasteiger partial charge < -0.3 is 23.4 Å². The fraction of sp³-hybridized carbons (Fsp3) is 0.263. The lowest BCUT2D eigenvalue weighted by Crippen LogP contribution is -2.11. The van der Waals surface area contributed by atoms with Crippen molar-refractivity contribution in [3.63, 3.8) is 0 Å². The first kappa shape index (κ1) is 19.1. The van der Waals surface area contributed by atoms with Gasteiger partial charge in [-0.3, -0.25) is 0 Å². The molecule has 0 saturated carbocycles. The van der Waals surface area contributed by atoms with Gasteiger partial charge >= 0.3 is 11.9 Å². The molecular formula is C19H20O7. The summed E-state index contributed by atoms with van der Waals surface area (Å²) in [5.41, 5.74) is 0.267. The molecular weight excluding hydrogens is 340 g/mol. The third-order valence-corrected chi connectivity index (χ3v) is 3.37. The van der Waals surface area contributed by atoms with E-state index in [9.17, 15) is 9.59 Å². The van der Waals surface area contributed by atoms with Crippen molar-refractivity contribution in [3.8, 4) is 11.5 Å².